The van der Waals surface area contributed by atoms with Crippen LogP contribution in [-0.2, 0) is 9.53 Å². The Kier molecular flexibility index (Phi) is 6.94. The number of benzene rings is 1. The maximum absolute atomic E-state index is 12.1. The van der Waals surface area contributed by atoms with E-state index in [1.807, 2.05) is 16.7 Å². The van der Waals surface area contributed by atoms with Crippen molar-refractivity contribution in [2.24, 2.45) is 0 Å². The summed E-state index contributed by atoms with van der Waals surface area (Å²) >= 11 is 0. The minimum atomic E-state index is -0.575. The third kappa shape index (κ3) is 4.71. The average molecular weight is 363 g/mol. The van der Waals surface area contributed by atoms with Crippen LogP contribution in [0.15, 0.2) is 18.2 Å². The van der Waals surface area contributed by atoms with E-state index >= 15 is 0 Å². The van der Waals surface area contributed by atoms with Gasteiger partial charge in [0.25, 0.3) is 5.69 Å². The van der Waals surface area contributed by atoms with E-state index in [2.05, 4.69) is 0 Å². The summed E-state index contributed by atoms with van der Waals surface area (Å²) in [6.07, 6.45) is 2.40. The zero-order chi connectivity index (χ0) is 19.1. The van der Waals surface area contributed by atoms with Gasteiger partial charge in [0.05, 0.1) is 17.1 Å². The Morgan fingerprint density at radius 2 is 1.88 bits per heavy atom. The Morgan fingerprint density at radius 3 is 2.46 bits per heavy atom. The van der Waals surface area contributed by atoms with E-state index < -0.39 is 10.9 Å². The number of piperazine rings is 1. The molecule has 1 amide bonds. The molecule has 1 aromatic carbocycles. The van der Waals surface area contributed by atoms with Crippen LogP contribution < -0.4 is 4.90 Å². The van der Waals surface area contributed by atoms with E-state index in [0.717, 1.165) is 12.8 Å². The summed E-state index contributed by atoms with van der Waals surface area (Å²) in [5.41, 5.74) is 0.501. The largest absolute Gasteiger partial charge is 0.462 e. The van der Waals surface area contributed by atoms with Crippen LogP contribution in [-0.4, -0.2) is 54.5 Å². The molecule has 1 heterocycles. The zero-order valence-corrected chi connectivity index (χ0v) is 15.3. The van der Waals surface area contributed by atoms with E-state index in [4.69, 9.17) is 4.74 Å². The molecule has 0 N–H and O–H groups in total. The van der Waals surface area contributed by atoms with E-state index in [0.29, 0.717) is 38.3 Å². The summed E-state index contributed by atoms with van der Waals surface area (Å²) in [6.45, 7) is 6.07. The SMILES string of the molecule is CCCCC(=O)N1CCN(c2ccc(C(=O)OCC)cc2[N+](=O)[O-])CC1. The number of hydrogen-bond donors (Lipinski definition) is 0. The van der Waals surface area contributed by atoms with Crippen molar-refractivity contribution in [3.63, 3.8) is 0 Å². The number of unbranched alkanes of at least 4 members (excludes halogenated alkanes) is 1. The number of anilines is 1. The monoisotopic (exact) mass is 363 g/mol. The molecular weight excluding hydrogens is 338 g/mol. The molecule has 26 heavy (non-hydrogen) atoms. The number of rotatable bonds is 7. The van der Waals surface area contributed by atoms with Crippen molar-refractivity contribution in [1.29, 1.82) is 0 Å². The highest BCUT2D eigenvalue weighted by Crippen LogP contribution is 2.30. The van der Waals surface area contributed by atoms with Gasteiger partial charge < -0.3 is 14.5 Å². The van der Waals surface area contributed by atoms with Crippen molar-refractivity contribution in [2.75, 3.05) is 37.7 Å². The van der Waals surface area contributed by atoms with Gasteiger partial charge in [-0.2, -0.15) is 0 Å². The van der Waals surface area contributed by atoms with Gasteiger partial charge in [0.1, 0.15) is 5.69 Å². The lowest BCUT2D eigenvalue weighted by atomic mass is 10.1. The Morgan fingerprint density at radius 1 is 1.19 bits per heavy atom. The molecule has 1 aliphatic rings. The molecule has 0 atom stereocenters. The summed E-state index contributed by atoms with van der Waals surface area (Å²) in [5, 5.41) is 11.5. The topological polar surface area (TPSA) is 93.0 Å². The maximum Gasteiger partial charge on any atom is 0.338 e. The van der Waals surface area contributed by atoms with Gasteiger partial charge in [-0.3, -0.25) is 14.9 Å². The molecule has 1 saturated heterocycles. The minimum Gasteiger partial charge on any atom is -0.462 e. The summed E-state index contributed by atoms with van der Waals surface area (Å²) < 4.78 is 4.90. The number of hydrogen-bond acceptors (Lipinski definition) is 6. The second-order valence-corrected chi connectivity index (χ2v) is 6.15. The molecule has 0 spiro atoms. The second kappa shape index (κ2) is 9.17. The molecular formula is C18H25N3O5. The van der Waals surface area contributed by atoms with Crippen molar-refractivity contribution >= 4 is 23.3 Å². The highest BCUT2D eigenvalue weighted by molar-refractivity contribution is 5.91. The van der Waals surface area contributed by atoms with Crippen LogP contribution in [0.4, 0.5) is 11.4 Å². The second-order valence-electron chi connectivity index (χ2n) is 6.15. The Bertz CT molecular complexity index is 669. The van der Waals surface area contributed by atoms with Crippen molar-refractivity contribution in [3.8, 4) is 0 Å². The molecule has 0 radical (unpaired) electrons. The molecule has 8 nitrogen and oxygen atoms in total. The Labute approximate surface area is 152 Å². The lowest BCUT2D eigenvalue weighted by molar-refractivity contribution is -0.384. The van der Waals surface area contributed by atoms with Crippen molar-refractivity contribution in [2.45, 2.75) is 33.1 Å². The summed E-state index contributed by atoms with van der Waals surface area (Å²) in [5.74, 6) is -0.438. The van der Waals surface area contributed by atoms with Gasteiger partial charge in [-0.25, -0.2) is 4.79 Å². The summed E-state index contributed by atoms with van der Waals surface area (Å²) in [6, 6.07) is 4.38. The van der Waals surface area contributed by atoms with Crippen molar-refractivity contribution in [3.05, 3.63) is 33.9 Å². The molecule has 0 aromatic heterocycles. The number of nitro groups is 1. The van der Waals surface area contributed by atoms with E-state index in [1.165, 1.54) is 6.07 Å². The third-order valence-corrected chi connectivity index (χ3v) is 4.40. The van der Waals surface area contributed by atoms with Gasteiger partial charge in [-0.1, -0.05) is 13.3 Å². The first-order valence-electron chi connectivity index (χ1n) is 8.96. The Hall–Kier alpha value is -2.64. The average Bonchev–Trinajstić information content (AvgIpc) is 2.65. The van der Waals surface area contributed by atoms with Crippen LogP contribution in [0.2, 0.25) is 0 Å². The minimum absolute atomic E-state index is 0.124. The first-order valence-corrected chi connectivity index (χ1v) is 8.96. The van der Waals surface area contributed by atoms with Gasteiger partial charge in [0.15, 0.2) is 0 Å². The van der Waals surface area contributed by atoms with Crippen LogP contribution in [0, 0.1) is 10.1 Å². The number of carbonyl (C=O) groups is 2. The highest BCUT2D eigenvalue weighted by atomic mass is 16.6. The molecule has 8 heteroatoms. The predicted octanol–water partition coefficient (Wildman–Crippen LogP) is 2.61. The first-order chi connectivity index (χ1) is 12.5. The molecule has 142 valence electrons. The summed E-state index contributed by atoms with van der Waals surface area (Å²) in [4.78, 5) is 38.6. The normalized spacial score (nSPS) is 14.2. The third-order valence-electron chi connectivity index (χ3n) is 4.40. The van der Waals surface area contributed by atoms with Crippen molar-refractivity contribution in [1.82, 2.24) is 4.90 Å². The van der Waals surface area contributed by atoms with E-state index in [-0.39, 0.29) is 23.8 Å². The molecule has 0 bridgehead atoms. The molecule has 1 fully saturated rings. The fourth-order valence-electron chi connectivity index (χ4n) is 2.96. The molecule has 1 aromatic rings. The number of ether oxygens (including phenoxy) is 1. The lowest BCUT2D eigenvalue weighted by Gasteiger charge is -2.36. The van der Waals surface area contributed by atoms with E-state index in [9.17, 15) is 19.7 Å². The molecule has 0 unspecified atom stereocenters. The quantitative estimate of drug-likeness (QED) is 0.420. The number of amides is 1. The maximum atomic E-state index is 12.1. The highest BCUT2D eigenvalue weighted by Gasteiger charge is 2.26. The predicted molar refractivity (Wildman–Crippen MR) is 97.4 cm³/mol. The number of esters is 1. The van der Waals surface area contributed by atoms with Crippen LogP contribution in [0.1, 0.15) is 43.5 Å². The summed E-state index contributed by atoms with van der Waals surface area (Å²) in [7, 11) is 0. The standard InChI is InChI=1S/C18H25N3O5/c1-3-5-6-17(22)20-11-9-19(10-12-20)15-8-7-14(18(23)26-4-2)13-16(15)21(24)25/h7-8,13H,3-6,9-12H2,1-2H3. The number of nitro benzene ring substituents is 1. The lowest BCUT2D eigenvalue weighted by Crippen LogP contribution is -2.48. The van der Waals surface area contributed by atoms with Gasteiger partial charge in [0.2, 0.25) is 5.91 Å². The number of nitrogens with zero attached hydrogens (tertiary/aromatic N) is 3. The fraction of sp³-hybridized carbons (Fsp3) is 0.556. The van der Waals surface area contributed by atoms with Gasteiger partial charge in [0, 0.05) is 38.7 Å². The zero-order valence-electron chi connectivity index (χ0n) is 15.3. The van der Waals surface area contributed by atoms with Crippen LogP contribution in [0.3, 0.4) is 0 Å². The fourth-order valence-corrected chi connectivity index (χ4v) is 2.96. The van der Waals surface area contributed by atoms with Gasteiger partial charge in [-0.15, -0.1) is 0 Å². The van der Waals surface area contributed by atoms with Crippen LogP contribution in [0.5, 0.6) is 0 Å². The van der Waals surface area contributed by atoms with E-state index in [1.54, 1.807) is 19.1 Å². The van der Waals surface area contributed by atoms with Crippen LogP contribution in [0.25, 0.3) is 0 Å². The van der Waals surface area contributed by atoms with Crippen molar-refractivity contribution < 1.29 is 19.2 Å². The number of carbonyl (C=O) groups excluding carboxylic acids is 2. The molecule has 0 aliphatic carbocycles. The van der Waals surface area contributed by atoms with Gasteiger partial charge >= 0.3 is 5.97 Å². The van der Waals surface area contributed by atoms with Crippen LogP contribution >= 0.6 is 0 Å². The molecule has 0 saturated carbocycles. The molecule has 1 aliphatic heterocycles. The molecule has 2 rings (SSSR count). The first kappa shape index (κ1) is 19.7. The smallest absolute Gasteiger partial charge is 0.338 e. The Balaban J connectivity index is 2.10. The van der Waals surface area contributed by atoms with Gasteiger partial charge in [-0.05, 0) is 25.5 Å².